The van der Waals surface area contributed by atoms with Crippen molar-refractivity contribution in [2.24, 2.45) is 0 Å². The predicted molar refractivity (Wildman–Crippen MR) is 153 cm³/mol. The lowest BCUT2D eigenvalue weighted by Gasteiger charge is -2.33. The third-order valence-electron chi connectivity index (χ3n) is 8.22. The number of nitrogens with zero attached hydrogens (tertiary/aromatic N) is 3. The van der Waals surface area contributed by atoms with Crippen molar-refractivity contribution in [2.75, 3.05) is 17.2 Å². The van der Waals surface area contributed by atoms with E-state index in [0.29, 0.717) is 29.1 Å². The van der Waals surface area contributed by atoms with E-state index in [1.807, 2.05) is 62.4 Å². The smallest absolute Gasteiger partial charge is 0.255 e. The number of anilines is 2. The van der Waals surface area contributed by atoms with E-state index in [4.69, 9.17) is 14.2 Å². The lowest BCUT2D eigenvalue weighted by atomic mass is 9.93. The number of benzene rings is 2. The Morgan fingerprint density at radius 3 is 1.76 bits per heavy atom. The van der Waals surface area contributed by atoms with Gasteiger partial charge in [-0.1, -0.05) is 24.3 Å². The zero-order chi connectivity index (χ0) is 28.9. The Bertz CT molecular complexity index is 1560. The molecule has 5 heterocycles. The van der Waals surface area contributed by atoms with Crippen LogP contribution < -0.4 is 10.6 Å². The standard InChI is InChI=1S/C32H29N5O5/c1-31(22-5-3-7-24(17-22)35-27(38)20-9-13-33-14-10-20)29-37-26(19-40-29)41-32(2,30(37)42-31)23-6-4-8-25(18-23)36-28(39)21-11-15-34-16-12-21/h3-18,26,29-30H,19H2,1-2H3,(H,35,38)(H,36,39)/t26-,29-,30-,31+,32+/m0/s1. The number of rotatable bonds is 6. The summed E-state index contributed by atoms with van der Waals surface area (Å²) in [6.07, 6.45) is 5.20. The second-order valence-corrected chi connectivity index (χ2v) is 10.9. The molecule has 3 fully saturated rings. The van der Waals surface area contributed by atoms with Crippen LogP contribution in [0, 0.1) is 0 Å². The van der Waals surface area contributed by atoms with Gasteiger partial charge in [0, 0.05) is 47.3 Å². The van der Waals surface area contributed by atoms with Crippen LogP contribution in [0.2, 0.25) is 0 Å². The topological polar surface area (TPSA) is 115 Å². The van der Waals surface area contributed by atoms with Crippen LogP contribution in [0.4, 0.5) is 11.4 Å². The maximum atomic E-state index is 12.8. The molecule has 2 N–H and O–H groups in total. The Morgan fingerprint density at radius 2 is 1.24 bits per heavy atom. The molecule has 0 bridgehead atoms. The zero-order valence-electron chi connectivity index (χ0n) is 23.1. The first-order valence-electron chi connectivity index (χ1n) is 13.7. The highest BCUT2D eigenvalue weighted by atomic mass is 16.7. The number of hydrogen-bond acceptors (Lipinski definition) is 8. The quantitative estimate of drug-likeness (QED) is 0.353. The van der Waals surface area contributed by atoms with Crippen molar-refractivity contribution in [3.05, 3.63) is 120 Å². The average Bonchev–Trinajstić information content (AvgIpc) is 3.67. The van der Waals surface area contributed by atoms with Gasteiger partial charge in [0.25, 0.3) is 11.8 Å². The summed E-state index contributed by atoms with van der Waals surface area (Å²) in [6.45, 7) is 4.41. The molecular formula is C32H29N5O5. The van der Waals surface area contributed by atoms with Gasteiger partial charge in [0.15, 0.2) is 0 Å². The molecule has 0 unspecified atom stereocenters. The summed E-state index contributed by atoms with van der Waals surface area (Å²) in [4.78, 5) is 35.7. The summed E-state index contributed by atoms with van der Waals surface area (Å²) in [6, 6.07) is 22.0. The van der Waals surface area contributed by atoms with Crippen LogP contribution in [-0.2, 0) is 25.4 Å². The summed E-state index contributed by atoms with van der Waals surface area (Å²) in [5.41, 5.74) is 2.41. The van der Waals surface area contributed by atoms with E-state index in [0.717, 1.165) is 11.1 Å². The summed E-state index contributed by atoms with van der Waals surface area (Å²) in [5, 5.41) is 5.94. The number of hydrogen-bond donors (Lipinski definition) is 2. The largest absolute Gasteiger partial charge is 0.355 e. The van der Waals surface area contributed by atoms with Gasteiger partial charge in [-0.2, -0.15) is 0 Å². The van der Waals surface area contributed by atoms with Gasteiger partial charge in [0.1, 0.15) is 29.9 Å². The molecule has 0 saturated carbocycles. The monoisotopic (exact) mass is 563 g/mol. The van der Waals surface area contributed by atoms with Crippen LogP contribution >= 0.6 is 0 Å². The molecule has 7 rings (SSSR count). The number of aromatic nitrogens is 2. The third kappa shape index (κ3) is 4.36. The molecule has 3 saturated heterocycles. The maximum absolute atomic E-state index is 12.8. The van der Waals surface area contributed by atoms with Gasteiger partial charge in [-0.25, -0.2) is 4.90 Å². The second-order valence-electron chi connectivity index (χ2n) is 10.9. The first kappa shape index (κ1) is 26.4. The SMILES string of the molecule is C[C@]1(c2cccc(NC(=O)c3ccncc3)c2)O[C@H]2CO[C@@H]3N2[C@H]1O[C@]3(C)c1cccc(NC(=O)c2ccncc2)c1. The number of carbonyl (C=O) groups excluding carboxylic acids is 2. The van der Waals surface area contributed by atoms with Gasteiger partial charge >= 0.3 is 0 Å². The van der Waals surface area contributed by atoms with Gasteiger partial charge < -0.3 is 24.8 Å². The molecular weight excluding hydrogens is 534 g/mol. The van der Waals surface area contributed by atoms with E-state index in [9.17, 15) is 9.59 Å². The normalized spacial score (nSPS) is 27.9. The molecule has 4 aromatic rings. The molecule has 2 aromatic heterocycles. The highest BCUT2D eigenvalue weighted by Gasteiger charge is 2.68. The number of amides is 2. The van der Waals surface area contributed by atoms with Crippen LogP contribution in [0.1, 0.15) is 45.7 Å². The number of carbonyl (C=O) groups is 2. The fourth-order valence-corrected chi connectivity index (χ4v) is 6.04. The van der Waals surface area contributed by atoms with Crippen LogP contribution in [0.15, 0.2) is 97.6 Å². The molecule has 0 radical (unpaired) electrons. The summed E-state index contributed by atoms with van der Waals surface area (Å²) < 4.78 is 19.7. The van der Waals surface area contributed by atoms with Crippen LogP contribution in [0.25, 0.3) is 0 Å². The van der Waals surface area contributed by atoms with Crippen molar-refractivity contribution < 1.29 is 23.8 Å². The van der Waals surface area contributed by atoms with Crippen LogP contribution in [0.3, 0.4) is 0 Å². The highest BCUT2D eigenvalue weighted by Crippen LogP contribution is 2.56. The molecule has 5 atom stereocenters. The first-order chi connectivity index (χ1) is 20.3. The maximum Gasteiger partial charge on any atom is 0.255 e. The highest BCUT2D eigenvalue weighted by molar-refractivity contribution is 6.04. The van der Waals surface area contributed by atoms with Gasteiger partial charge in [0.05, 0.1) is 6.61 Å². The van der Waals surface area contributed by atoms with E-state index in [1.54, 1.807) is 49.1 Å². The Hall–Kier alpha value is -4.48. The Balaban J connectivity index is 1.15. The van der Waals surface area contributed by atoms with E-state index in [1.165, 1.54) is 0 Å². The fraction of sp³-hybridized carbons (Fsp3) is 0.250. The van der Waals surface area contributed by atoms with Crippen LogP contribution in [0.5, 0.6) is 0 Å². The number of pyridine rings is 2. The molecule has 42 heavy (non-hydrogen) atoms. The third-order valence-corrected chi connectivity index (χ3v) is 8.22. The molecule has 0 aliphatic carbocycles. The minimum absolute atomic E-state index is 0.221. The second kappa shape index (κ2) is 10.1. The van der Waals surface area contributed by atoms with Crippen molar-refractivity contribution in [3.8, 4) is 0 Å². The van der Waals surface area contributed by atoms with Crippen molar-refractivity contribution >= 4 is 23.2 Å². The summed E-state index contributed by atoms with van der Waals surface area (Å²) in [5.74, 6) is -0.441. The lowest BCUT2D eigenvalue weighted by molar-refractivity contribution is -0.138. The van der Waals surface area contributed by atoms with E-state index in [-0.39, 0.29) is 18.0 Å². The van der Waals surface area contributed by atoms with E-state index < -0.39 is 23.7 Å². The van der Waals surface area contributed by atoms with Crippen molar-refractivity contribution in [3.63, 3.8) is 0 Å². The molecule has 10 nitrogen and oxygen atoms in total. The van der Waals surface area contributed by atoms with E-state index in [2.05, 4.69) is 25.5 Å². The molecule has 0 spiro atoms. The minimum Gasteiger partial charge on any atom is -0.355 e. The Kier molecular flexibility index (Phi) is 6.36. The van der Waals surface area contributed by atoms with Crippen molar-refractivity contribution in [1.82, 2.24) is 14.9 Å². The average molecular weight is 564 g/mol. The molecule has 2 aromatic carbocycles. The molecule has 3 aliphatic heterocycles. The zero-order valence-corrected chi connectivity index (χ0v) is 23.1. The van der Waals surface area contributed by atoms with Gasteiger partial charge in [-0.3, -0.25) is 19.6 Å². The van der Waals surface area contributed by atoms with Gasteiger partial charge in [-0.05, 0) is 73.5 Å². The Labute approximate surface area is 242 Å². The van der Waals surface area contributed by atoms with Gasteiger partial charge in [0.2, 0.25) is 0 Å². The lowest BCUT2D eigenvalue weighted by Crippen LogP contribution is -2.40. The minimum atomic E-state index is -0.838. The number of nitrogens with one attached hydrogen (secondary N) is 2. The van der Waals surface area contributed by atoms with Crippen LogP contribution in [-0.4, -0.2) is 52.0 Å². The Morgan fingerprint density at radius 1 is 0.738 bits per heavy atom. The molecule has 10 heteroatoms. The van der Waals surface area contributed by atoms with Crippen molar-refractivity contribution in [2.45, 2.75) is 43.7 Å². The molecule has 212 valence electrons. The number of ether oxygens (including phenoxy) is 3. The fourth-order valence-electron chi connectivity index (χ4n) is 6.04. The van der Waals surface area contributed by atoms with Gasteiger partial charge in [-0.15, -0.1) is 0 Å². The molecule has 3 aliphatic rings. The predicted octanol–water partition coefficient (Wildman–Crippen LogP) is 4.48. The first-order valence-corrected chi connectivity index (χ1v) is 13.7. The summed E-state index contributed by atoms with van der Waals surface area (Å²) in [7, 11) is 0. The summed E-state index contributed by atoms with van der Waals surface area (Å²) >= 11 is 0. The van der Waals surface area contributed by atoms with Crippen molar-refractivity contribution in [1.29, 1.82) is 0 Å². The van der Waals surface area contributed by atoms with E-state index >= 15 is 0 Å². The molecule has 2 amide bonds.